The first-order chi connectivity index (χ1) is 9.16. The second-order valence-electron chi connectivity index (χ2n) is 6.19. The predicted molar refractivity (Wildman–Crippen MR) is 79.0 cm³/mol. The summed E-state index contributed by atoms with van der Waals surface area (Å²) >= 11 is 0. The van der Waals surface area contributed by atoms with Crippen molar-refractivity contribution in [2.45, 2.75) is 37.9 Å². The molecule has 0 saturated carbocycles. The van der Waals surface area contributed by atoms with Crippen molar-refractivity contribution >= 4 is 0 Å². The molecule has 0 amide bonds. The lowest BCUT2D eigenvalue weighted by molar-refractivity contribution is 0.139. The average molecular weight is 259 g/mol. The Bertz CT molecular complexity index is 445. The molecular weight excluding hydrogens is 234 g/mol. The minimum atomic E-state index is 0.217. The van der Waals surface area contributed by atoms with Crippen molar-refractivity contribution < 1.29 is 0 Å². The van der Waals surface area contributed by atoms with Gasteiger partial charge in [0.05, 0.1) is 0 Å². The van der Waals surface area contributed by atoms with Crippen LogP contribution in [0.5, 0.6) is 0 Å². The highest BCUT2D eigenvalue weighted by Crippen LogP contribution is 2.41. The van der Waals surface area contributed by atoms with E-state index < -0.39 is 0 Å². The SMILES string of the molecule is CC1CN(C)CCCN1C1CC(N)c2ccccc21. The summed E-state index contributed by atoms with van der Waals surface area (Å²) in [5, 5.41) is 0. The highest BCUT2D eigenvalue weighted by atomic mass is 15.2. The zero-order valence-corrected chi connectivity index (χ0v) is 12.0. The van der Waals surface area contributed by atoms with E-state index in [0.717, 1.165) is 13.0 Å². The van der Waals surface area contributed by atoms with Crippen LogP contribution < -0.4 is 5.73 Å². The van der Waals surface area contributed by atoms with Crippen molar-refractivity contribution in [3.8, 4) is 0 Å². The average Bonchev–Trinajstić information content (AvgIpc) is 2.62. The molecule has 2 N–H and O–H groups in total. The second-order valence-corrected chi connectivity index (χ2v) is 6.19. The van der Waals surface area contributed by atoms with Gasteiger partial charge in [-0.05, 0) is 44.5 Å². The van der Waals surface area contributed by atoms with E-state index in [1.165, 1.54) is 30.6 Å². The molecule has 0 bridgehead atoms. The molecule has 1 fully saturated rings. The molecule has 3 unspecified atom stereocenters. The number of benzene rings is 1. The zero-order chi connectivity index (χ0) is 13.4. The maximum absolute atomic E-state index is 6.32. The van der Waals surface area contributed by atoms with Gasteiger partial charge in [-0.3, -0.25) is 4.90 Å². The van der Waals surface area contributed by atoms with Crippen LogP contribution in [0.15, 0.2) is 24.3 Å². The standard InChI is InChI=1S/C16H25N3/c1-12-11-18(2)8-5-9-19(12)16-10-15(17)13-6-3-4-7-14(13)16/h3-4,6-7,12,15-16H,5,8-11,17H2,1-2H3. The van der Waals surface area contributed by atoms with Gasteiger partial charge >= 0.3 is 0 Å². The summed E-state index contributed by atoms with van der Waals surface area (Å²) in [5.41, 5.74) is 9.14. The van der Waals surface area contributed by atoms with Crippen molar-refractivity contribution in [1.82, 2.24) is 9.80 Å². The van der Waals surface area contributed by atoms with Gasteiger partial charge in [-0.2, -0.15) is 0 Å². The van der Waals surface area contributed by atoms with Crippen LogP contribution >= 0.6 is 0 Å². The van der Waals surface area contributed by atoms with Crippen molar-refractivity contribution in [2.24, 2.45) is 5.73 Å². The van der Waals surface area contributed by atoms with E-state index in [4.69, 9.17) is 5.73 Å². The molecule has 2 aliphatic rings. The molecule has 1 saturated heterocycles. The molecule has 3 heteroatoms. The van der Waals surface area contributed by atoms with Crippen molar-refractivity contribution in [1.29, 1.82) is 0 Å². The number of fused-ring (bicyclic) bond motifs is 1. The molecule has 1 aromatic carbocycles. The Morgan fingerprint density at radius 1 is 1.16 bits per heavy atom. The van der Waals surface area contributed by atoms with E-state index >= 15 is 0 Å². The molecule has 0 aromatic heterocycles. The lowest BCUT2D eigenvalue weighted by Crippen LogP contribution is -2.39. The van der Waals surface area contributed by atoms with Gasteiger partial charge < -0.3 is 10.6 Å². The monoisotopic (exact) mass is 259 g/mol. The Kier molecular flexibility index (Phi) is 3.61. The highest BCUT2D eigenvalue weighted by Gasteiger charge is 2.35. The second kappa shape index (κ2) is 5.23. The van der Waals surface area contributed by atoms with Crippen LogP contribution in [0.4, 0.5) is 0 Å². The van der Waals surface area contributed by atoms with Crippen LogP contribution in [-0.2, 0) is 0 Å². The van der Waals surface area contributed by atoms with Gasteiger partial charge in [0.1, 0.15) is 0 Å². The summed E-state index contributed by atoms with van der Waals surface area (Å²) in [6.07, 6.45) is 2.34. The Labute approximate surface area is 116 Å². The molecule has 3 rings (SSSR count). The normalized spacial score (nSPS) is 33.1. The molecule has 3 nitrogen and oxygen atoms in total. The van der Waals surface area contributed by atoms with E-state index in [0.29, 0.717) is 12.1 Å². The van der Waals surface area contributed by atoms with Crippen LogP contribution in [0.2, 0.25) is 0 Å². The van der Waals surface area contributed by atoms with Gasteiger partial charge in [0.15, 0.2) is 0 Å². The zero-order valence-electron chi connectivity index (χ0n) is 12.0. The molecule has 0 radical (unpaired) electrons. The van der Waals surface area contributed by atoms with E-state index in [-0.39, 0.29) is 6.04 Å². The molecule has 104 valence electrons. The Hall–Kier alpha value is -0.900. The summed E-state index contributed by atoms with van der Waals surface area (Å²) in [6, 6.07) is 10.1. The van der Waals surface area contributed by atoms with E-state index in [2.05, 4.69) is 48.0 Å². The number of hydrogen-bond donors (Lipinski definition) is 1. The molecule has 19 heavy (non-hydrogen) atoms. The van der Waals surface area contributed by atoms with E-state index in [1.54, 1.807) is 0 Å². The molecule has 3 atom stereocenters. The molecule has 1 aliphatic carbocycles. The van der Waals surface area contributed by atoms with Gasteiger partial charge in [-0.25, -0.2) is 0 Å². The predicted octanol–water partition coefficient (Wildman–Crippen LogP) is 2.16. The Balaban J connectivity index is 1.87. The smallest absolute Gasteiger partial charge is 0.0372 e. The largest absolute Gasteiger partial charge is 0.324 e. The van der Waals surface area contributed by atoms with Crippen LogP contribution in [-0.4, -0.2) is 42.5 Å². The topological polar surface area (TPSA) is 32.5 Å². The number of rotatable bonds is 1. The van der Waals surface area contributed by atoms with Gasteiger partial charge in [-0.15, -0.1) is 0 Å². The minimum Gasteiger partial charge on any atom is -0.324 e. The molecule has 0 spiro atoms. The summed E-state index contributed by atoms with van der Waals surface area (Å²) in [6.45, 7) is 5.92. The summed E-state index contributed by atoms with van der Waals surface area (Å²) < 4.78 is 0. The number of nitrogens with two attached hydrogens (primary N) is 1. The van der Waals surface area contributed by atoms with E-state index in [1.807, 2.05) is 0 Å². The molecule has 1 heterocycles. The van der Waals surface area contributed by atoms with Gasteiger partial charge in [0.2, 0.25) is 0 Å². The number of hydrogen-bond acceptors (Lipinski definition) is 3. The van der Waals surface area contributed by atoms with Gasteiger partial charge in [0.25, 0.3) is 0 Å². The first-order valence-electron chi connectivity index (χ1n) is 7.45. The van der Waals surface area contributed by atoms with Crippen LogP contribution in [0, 0.1) is 0 Å². The van der Waals surface area contributed by atoms with Crippen LogP contribution in [0.1, 0.15) is 43.0 Å². The van der Waals surface area contributed by atoms with Crippen molar-refractivity contribution in [3.05, 3.63) is 35.4 Å². The molecule has 1 aliphatic heterocycles. The fourth-order valence-electron chi connectivity index (χ4n) is 3.81. The first-order valence-corrected chi connectivity index (χ1v) is 7.45. The summed E-state index contributed by atoms with van der Waals surface area (Å²) in [5.74, 6) is 0. The fourth-order valence-corrected chi connectivity index (χ4v) is 3.81. The van der Waals surface area contributed by atoms with Crippen LogP contribution in [0.25, 0.3) is 0 Å². The lowest BCUT2D eigenvalue weighted by Gasteiger charge is -2.34. The maximum Gasteiger partial charge on any atom is 0.0372 e. The lowest BCUT2D eigenvalue weighted by atomic mass is 10.1. The Morgan fingerprint density at radius 3 is 2.68 bits per heavy atom. The first kappa shape index (κ1) is 13.1. The minimum absolute atomic E-state index is 0.217. The Morgan fingerprint density at radius 2 is 1.89 bits per heavy atom. The fraction of sp³-hybridized carbons (Fsp3) is 0.625. The quantitative estimate of drug-likeness (QED) is 0.839. The number of nitrogens with zero attached hydrogens (tertiary/aromatic N) is 2. The third-order valence-corrected chi connectivity index (χ3v) is 4.73. The summed E-state index contributed by atoms with van der Waals surface area (Å²) in [7, 11) is 2.23. The van der Waals surface area contributed by atoms with Gasteiger partial charge in [-0.1, -0.05) is 24.3 Å². The highest BCUT2D eigenvalue weighted by molar-refractivity contribution is 5.37. The third kappa shape index (κ3) is 2.42. The molecule has 1 aromatic rings. The van der Waals surface area contributed by atoms with E-state index in [9.17, 15) is 0 Å². The maximum atomic E-state index is 6.32. The molecular formula is C16H25N3. The van der Waals surface area contributed by atoms with Crippen molar-refractivity contribution in [3.63, 3.8) is 0 Å². The van der Waals surface area contributed by atoms with Gasteiger partial charge in [0, 0.05) is 31.2 Å². The number of likely N-dealkylation sites (N-methyl/N-ethyl adjacent to an activating group) is 1. The van der Waals surface area contributed by atoms with Crippen LogP contribution in [0.3, 0.4) is 0 Å². The van der Waals surface area contributed by atoms with Crippen molar-refractivity contribution in [2.75, 3.05) is 26.7 Å². The third-order valence-electron chi connectivity index (χ3n) is 4.73. The summed E-state index contributed by atoms with van der Waals surface area (Å²) in [4.78, 5) is 5.13.